The van der Waals surface area contributed by atoms with Crippen molar-refractivity contribution in [1.29, 1.82) is 0 Å². The second-order valence-corrected chi connectivity index (χ2v) is 7.60. The first kappa shape index (κ1) is 16.9. The Morgan fingerprint density at radius 3 is 2.96 bits per heavy atom. The van der Waals surface area contributed by atoms with Crippen molar-refractivity contribution in [3.8, 4) is 11.5 Å². The fourth-order valence-electron chi connectivity index (χ4n) is 3.99. The Hall–Kier alpha value is -2.50. The molecule has 1 saturated heterocycles. The number of hydrogen-bond acceptors (Lipinski definition) is 4. The average Bonchev–Trinajstić information content (AvgIpc) is 3.26. The molecule has 0 bridgehead atoms. The smallest absolute Gasteiger partial charge is 0.231 e. The van der Waals surface area contributed by atoms with Gasteiger partial charge in [0.15, 0.2) is 11.5 Å². The van der Waals surface area contributed by atoms with Gasteiger partial charge in [-0.05, 0) is 42.9 Å². The number of nitrogens with zero attached hydrogens (tertiary/aromatic N) is 3. The SMILES string of the molecule is CCn1cncc1CN1CC(C)(Cc2ccc3c(c2)OCO3)CCC1=O. The van der Waals surface area contributed by atoms with Crippen molar-refractivity contribution in [2.45, 2.75) is 46.2 Å². The third-order valence-electron chi connectivity index (χ3n) is 5.43. The van der Waals surface area contributed by atoms with E-state index in [1.54, 1.807) is 0 Å². The summed E-state index contributed by atoms with van der Waals surface area (Å²) in [6.07, 6.45) is 6.11. The molecule has 0 saturated carbocycles. The molecule has 4 rings (SSSR count). The Balaban J connectivity index is 1.48. The number of aromatic nitrogens is 2. The first-order valence-corrected chi connectivity index (χ1v) is 9.22. The van der Waals surface area contributed by atoms with E-state index in [2.05, 4.69) is 35.5 Å². The van der Waals surface area contributed by atoms with Crippen molar-refractivity contribution in [2.75, 3.05) is 13.3 Å². The minimum absolute atomic E-state index is 0.0542. The van der Waals surface area contributed by atoms with E-state index in [9.17, 15) is 4.79 Å². The van der Waals surface area contributed by atoms with Crippen molar-refractivity contribution in [3.63, 3.8) is 0 Å². The zero-order valence-corrected chi connectivity index (χ0v) is 15.4. The van der Waals surface area contributed by atoms with E-state index >= 15 is 0 Å². The molecule has 1 amide bonds. The summed E-state index contributed by atoms with van der Waals surface area (Å²) < 4.78 is 13.0. The van der Waals surface area contributed by atoms with Gasteiger partial charge in [0.1, 0.15) is 0 Å². The van der Waals surface area contributed by atoms with Crippen LogP contribution in [0.3, 0.4) is 0 Å². The number of ether oxygens (including phenoxy) is 2. The molecule has 2 aromatic rings. The largest absolute Gasteiger partial charge is 0.454 e. The summed E-state index contributed by atoms with van der Waals surface area (Å²) in [4.78, 5) is 18.7. The van der Waals surface area contributed by atoms with Crippen LogP contribution in [0, 0.1) is 5.41 Å². The predicted octanol–water partition coefficient (Wildman–Crippen LogP) is 3.00. The van der Waals surface area contributed by atoms with Gasteiger partial charge < -0.3 is 18.9 Å². The molecule has 0 aliphatic carbocycles. The molecule has 6 nitrogen and oxygen atoms in total. The highest BCUT2D eigenvalue weighted by atomic mass is 16.7. The maximum atomic E-state index is 12.5. The normalized spacial score (nSPS) is 22.1. The fraction of sp³-hybridized carbons (Fsp3) is 0.500. The molecule has 1 aromatic carbocycles. The number of carbonyl (C=O) groups excluding carboxylic acids is 1. The monoisotopic (exact) mass is 355 g/mol. The molecule has 1 atom stereocenters. The highest BCUT2D eigenvalue weighted by Gasteiger charge is 2.35. The van der Waals surface area contributed by atoms with Gasteiger partial charge in [0.25, 0.3) is 0 Å². The maximum absolute atomic E-state index is 12.5. The van der Waals surface area contributed by atoms with Gasteiger partial charge in [-0.25, -0.2) is 4.98 Å². The molecule has 2 aliphatic heterocycles. The van der Waals surface area contributed by atoms with E-state index in [0.717, 1.165) is 43.1 Å². The van der Waals surface area contributed by atoms with Crippen LogP contribution in [0.25, 0.3) is 0 Å². The maximum Gasteiger partial charge on any atom is 0.231 e. The molecule has 0 spiro atoms. The van der Waals surface area contributed by atoms with Crippen LogP contribution in [-0.2, 0) is 24.3 Å². The minimum atomic E-state index is 0.0542. The summed E-state index contributed by atoms with van der Waals surface area (Å²) >= 11 is 0. The van der Waals surface area contributed by atoms with E-state index < -0.39 is 0 Å². The van der Waals surface area contributed by atoms with Gasteiger partial charge in [-0.2, -0.15) is 0 Å². The van der Waals surface area contributed by atoms with Gasteiger partial charge in [0.2, 0.25) is 12.7 Å². The lowest BCUT2D eigenvalue weighted by atomic mass is 9.76. The fourth-order valence-corrected chi connectivity index (χ4v) is 3.99. The van der Waals surface area contributed by atoms with E-state index in [4.69, 9.17) is 9.47 Å². The summed E-state index contributed by atoms with van der Waals surface area (Å²) in [5, 5.41) is 0. The van der Waals surface area contributed by atoms with Gasteiger partial charge in [0.05, 0.1) is 18.6 Å². The molecule has 1 aromatic heterocycles. The van der Waals surface area contributed by atoms with Gasteiger partial charge in [-0.1, -0.05) is 13.0 Å². The molecule has 0 N–H and O–H groups in total. The number of amides is 1. The molecule has 3 heterocycles. The summed E-state index contributed by atoms with van der Waals surface area (Å²) in [5.74, 6) is 1.87. The van der Waals surface area contributed by atoms with Gasteiger partial charge in [0, 0.05) is 25.7 Å². The van der Waals surface area contributed by atoms with Crippen LogP contribution in [0.5, 0.6) is 11.5 Å². The molecular weight excluding hydrogens is 330 g/mol. The Labute approximate surface area is 153 Å². The summed E-state index contributed by atoms with van der Waals surface area (Å²) in [6.45, 7) is 6.91. The van der Waals surface area contributed by atoms with Crippen molar-refractivity contribution in [1.82, 2.24) is 14.5 Å². The van der Waals surface area contributed by atoms with Gasteiger partial charge in [-0.15, -0.1) is 0 Å². The highest BCUT2D eigenvalue weighted by Crippen LogP contribution is 2.38. The second kappa shape index (κ2) is 6.67. The summed E-state index contributed by atoms with van der Waals surface area (Å²) in [5.41, 5.74) is 2.37. The Kier molecular flexibility index (Phi) is 4.34. The lowest BCUT2D eigenvalue weighted by Crippen LogP contribution is -2.45. The molecule has 6 heteroatoms. The summed E-state index contributed by atoms with van der Waals surface area (Å²) in [7, 11) is 0. The molecule has 26 heavy (non-hydrogen) atoms. The van der Waals surface area contributed by atoms with E-state index in [1.165, 1.54) is 5.56 Å². The highest BCUT2D eigenvalue weighted by molar-refractivity contribution is 5.77. The van der Waals surface area contributed by atoms with Crippen LogP contribution >= 0.6 is 0 Å². The lowest BCUT2D eigenvalue weighted by Gasteiger charge is -2.40. The van der Waals surface area contributed by atoms with Crippen molar-refractivity contribution in [2.24, 2.45) is 5.41 Å². The Morgan fingerprint density at radius 2 is 2.12 bits per heavy atom. The summed E-state index contributed by atoms with van der Waals surface area (Å²) in [6, 6.07) is 6.15. The van der Waals surface area contributed by atoms with Crippen molar-refractivity contribution in [3.05, 3.63) is 42.0 Å². The van der Waals surface area contributed by atoms with Crippen LogP contribution in [0.15, 0.2) is 30.7 Å². The molecule has 1 fully saturated rings. The topological polar surface area (TPSA) is 56.6 Å². The van der Waals surface area contributed by atoms with Crippen LogP contribution in [0.1, 0.15) is 37.9 Å². The first-order chi connectivity index (χ1) is 12.6. The number of rotatable bonds is 5. The zero-order valence-electron chi connectivity index (χ0n) is 15.4. The number of benzene rings is 1. The first-order valence-electron chi connectivity index (χ1n) is 9.22. The van der Waals surface area contributed by atoms with Crippen LogP contribution in [0.4, 0.5) is 0 Å². The Bertz CT molecular complexity index is 816. The van der Waals surface area contributed by atoms with Crippen molar-refractivity contribution >= 4 is 5.91 Å². The zero-order chi connectivity index (χ0) is 18.1. The standard InChI is InChI=1S/C20H25N3O3/c1-3-22-13-21-10-16(22)11-23-12-20(2,7-6-19(23)24)9-15-4-5-17-18(8-15)26-14-25-17/h4-5,8,10,13H,3,6-7,9,11-12,14H2,1-2H3. The third-order valence-corrected chi connectivity index (χ3v) is 5.43. The van der Waals surface area contributed by atoms with Crippen LogP contribution in [0.2, 0.25) is 0 Å². The quantitative estimate of drug-likeness (QED) is 0.827. The number of aryl methyl sites for hydroxylation is 1. The molecule has 1 unspecified atom stereocenters. The van der Waals surface area contributed by atoms with E-state index in [0.29, 0.717) is 19.8 Å². The van der Waals surface area contributed by atoms with E-state index in [-0.39, 0.29) is 11.3 Å². The minimum Gasteiger partial charge on any atom is -0.454 e. The second-order valence-electron chi connectivity index (χ2n) is 7.60. The molecule has 2 aliphatic rings. The van der Waals surface area contributed by atoms with Gasteiger partial charge >= 0.3 is 0 Å². The van der Waals surface area contributed by atoms with Crippen molar-refractivity contribution < 1.29 is 14.3 Å². The van der Waals surface area contributed by atoms with E-state index in [1.807, 2.05) is 23.5 Å². The molecular formula is C20H25N3O3. The Morgan fingerprint density at radius 1 is 1.27 bits per heavy atom. The molecule has 0 radical (unpaired) electrons. The van der Waals surface area contributed by atoms with Crippen LogP contribution in [-0.4, -0.2) is 33.7 Å². The average molecular weight is 355 g/mol. The van der Waals surface area contributed by atoms with Gasteiger partial charge in [-0.3, -0.25) is 4.79 Å². The molecule has 138 valence electrons. The number of fused-ring (bicyclic) bond motifs is 1. The number of hydrogen-bond donors (Lipinski definition) is 0. The number of imidazole rings is 1. The third kappa shape index (κ3) is 3.28. The predicted molar refractivity (Wildman–Crippen MR) is 96.9 cm³/mol. The number of piperidine rings is 1. The lowest BCUT2D eigenvalue weighted by molar-refractivity contribution is -0.138. The number of likely N-dealkylation sites (tertiary alicyclic amines) is 1. The number of carbonyl (C=O) groups is 1. The van der Waals surface area contributed by atoms with Crippen LogP contribution < -0.4 is 9.47 Å².